The summed E-state index contributed by atoms with van der Waals surface area (Å²) < 4.78 is 4.86. The monoisotopic (exact) mass is 201 g/mol. The number of carbonyl (C=O) groups is 1. The summed E-state index contributed by atoms with van der Waals surface area (Å²) in [6.45, 7) is 0. The molecule has 0 atom stereocenters. The topological polar surface area (TPSA) is 72.5 Å². The summed E-state index contributed by atoms with van der Waals surface area (Å²) in [5.41, 5.74) is 5.72. The molecule has 1 aromatic rings. The number of ether oxygens (including phenoxy) is 1. The van der Waals surface area contributed by atoms with Gasteiger partial charge in [0, 0.05) is 6.07 Å². The summed E-state index contributed by atoms with van der Waals surface area (Å²) in [6, 6.07) is 2.64. The van der Waals surface area contributed by atoms with Crippen molar-refractivity contribution in [1.82, 2.24) is 0 Å². The largest absolute Gasteiger partial charge is 0.495 e. The first-order valence-electron chi connectivity index (χ1n) is 3.42. The molecule has 1 rings (SSSR count). The number of carboxylic acid groups (broad SMARTS) is 1. The third-order valence-electron chi connectivity index (χ3n) is 1.55. The number of aromatic carboxylic acids is 1. The van der Waals surface area contributed by atoms with Crippen molar-refractivity contribution >= 4 is 23.3 Å². The molecular weight excluding hydrogens is 194 g/mol. The molecule has 0 aliphatic carbocycles. The third-order valence-corrected chi connectivity index (χ3v) is 1.86. The number of anilines is 1. The Bertz CT molecular complexity index is 351. The van der Waals surface area contributed by atoms with Gasteiger partial charge < -0.3 is 15.6 Å². The number of nitrogens with two attached hydrogens (primary N) is 1. The van der Waals surface area contributed by atoms with Gasteiger partial charge in [-0.1, -0.05) is 11.6 Å². The van der Waals surface area contributed by atoms with Crippen molar-refractivity contribution in [2.75, 3.05) is 12.8 Å². The first-order chi connectivity index (χ1) is 6.06. The van der Waals surface area contributed by atoms with Crippen molar-refractivity contribution in [3.05, 3.63) is 22.7 Å². The number of halogens is 1. The van der Waals surface area contributed by atoms with Crippen LogP contribution >= 0.6 is 11.6 Å². The molecule has 0 saturated heterocycles. The van der Waals surface area contributed by atoms with Crippen LogP contribution in [-0.4, -0.2) is 18.2 Å². The summed E-state index contributed by atoms with van der Waals surface area (Å²) in [4.78, 5) is 10.6. The summed E-state index contributed by atoms with van der Waals surface area (Å²) in [7, 11) is 1.43. The van der Waals surface area contributed by atoms with E-state index in [-0.39, 0.29) is 16.3 Å². The van der Waals surface area contributed by atoms with Crippen LogP contribution in [-0.2, 0) is 0 Å². The number of benzene rings is 1. The molecule has 0 fully saturated rings. The molecule has 0 radical (unpaired) electrons. The minimum absolute atomic E-state index is 0.0278. The molecule has 0 aliphatic rings. The van der Waals surface area contributed by atoms with Crippen LogP contribution in [0.2, 0.25) is 5.02 Å². The zero-order valence-electron chi connectivity index (χ0n) is 6.87. The number of rotatable bonds is 2. The summed E-state index contributed by atoms with van der Waals surface area (Å²) >= 11 is 5.66. The van der Waals surface area contributed by atoms with Gasteiger partial charge in [0.2, 0.25) is 0 Å². The SMILES string of the molecule is COc1cc(Cl)c(C(=O)O)cc1N. The van der Waals surface area contributed by atoms with Crippen LogP contribution in [0.4, 0.5) is 5.69 Å². The Hall–Kier alpha value is -1.42. The van der Waals surface area contributed by atoms with E-state index in [1.165, 1.54) is 19.2 Å². The average Bonchev–Trinajstić information content (AvgIpc) is 2.07. The van der Waals surface area contributed by atoms with Gasteiger partial charge in [0.1, 0.15) is 5.75 Å². The van der Waals surface area contributed by atoms with Gasteiger partial charge >= 0.3 is 5.97 Å². The molecular formula is C8H8ClNO3. The lowest BCUT2D eigenvalue weighted by Gasteiger charge is -2.06. The van der Waals surface area contributed by atoms with Gasteiger partial charge in [-0.05, 0) is 6.07 Å². The quantitative estimate of drug-likeness (QED) is 0.714. The Morgan fingerprint density at radius 2 is 2.23 bits per heavy atom. The smallest absolute Gasteiger partial charge is 0.337 e. The molecule has 0 spiro atoms. The maximum Gasteiger partial charge on any atom is 0.337 e. The Morgan fingerprint density at radius 1 is 1.62 bits per heavy atom. The standard InChI is InChI=1S/C8H8ClNO3/c1-13-7-3-5(9)4(8(11)12)2-6(7)10/h2-3H,10H2,1H3,(H,11,12). The van der Waals surface area contributed by atoms with Crippen LogP contribution in [0.1, 0.15) is 10.4 Å². The molecule has 0 amide bonds. The second-order valence-corrected chi connectivity index (χ2v) is 2.79. The van der Waals surface area contributed by atoms with Crippen molar-refractivity contribution < 1.29 is 14.6 Å². The normalized spacial score (nSPS) is 9.69. The Balaban J connectivity index is 3.28. The van der Waals surface area contributed by atoms with E-state index in [9.17, 15) is 4.79 Å². The number of carboxylic acids is 1. The van der Waals surface area contributed by atoms with Crippen LogP contribution in [0.15, 0.2) is 12.1 Å². The van der Waals surface area contributed by atoms with E-state index in [4.69, 9.17) is 27.2 Å². The van der Waals surface area contributed by atoms with Crippen molar-refractivity contribution in [2.24, 2.45) is 0 Å². The fourth-order valence-corrected chi connectivity index (χ4v) is 1.15. The molecule has 3 N–H and O–H groups in total. The zero-order valence-corrected chi connectivity index (χ0v) is 7.63. The third kappa shape index (κ3) is 1.84. The molecule has 13 heavy (non-hydrogen) atoms. The van der Waals surface area contributed by atoms with Crippen LogP contribution in [0.25, 0.3) is 0 Å². The van der Waals surface area contributed by atoms with Crippen LogP contribution < -0.4 is 10.5 Å². The molecule has 0 aromatic heterocycles. The Morgan fingerprint density at radius 3 is 2.69 bits per heavy atom. The molecule has 0 heterocycles. The van der Waals surface area contributed by atoms with Gasteiger partial charge in [-0.25, -0.2) is 4.79 Å². The first kappa shape index (κ1) is 9.67. The maximum atomic E-state index is 10.6. The van der Waals surface area contributed by atoms with Crippen molar-refractivity contribution in [3.8, 4) is 5.75 Å². The van der Waals surface area contributed by atoms with E-state index < -0.39 is 5.97 Å². The van der Waals surface area contributed by atoms with Gasteiger partial charge in [0.15, 0.2) is 0 Å². The predicted octanol–water partition coefficient (Wildman–Crippen LogP) is 1.63. The molecule has 0 unspecified atom stereocenters. The maximum absolute atomic E-state index is 10.6. The molecule has 0 saturated carbocycles. The van der Waals surface area contributed by atoms with Crippen molar-refractivity contribution in [1.29, 1.82) is 0 Å². The summed E-state index contributed by atoms with van der Waals surface area (Å²) in [5, 5.41) is 8.78. The fraction of sp³-hybridized carbons (Fsp3) is 0.125. The van der Waals surface area contributed by atoms with Gasteiger partial charge in [0.25, 0.3) is 0 Å². The number of nitrogen functional groups attached to an aromatic ring is 1. The second kappa shape index (κ2) is 3.53. The van der Waals surface area contributed by atoms with Crippen LogP contribution in [0, 0.1) is 0 Å². The van der Waals surface area contributed by atoms with Gasteiger partial charge in [0.05, 0.1) is 23.4 Å². The highest BCUT2D eigenvalue weighted by Crippen LogP contribution is 2.28. The molecule has 70 valence electrons. The number of hydrogen-bond acceptors (Lipinski definition) is 3. The lowest BCUT2D eigenvalue weighted by molar-refractivity contribution is 0.0697. The van der Waals surface area contributed by atoms with E-state index in [1.54, 1.807) is 0 Å². The highest BCUT2D eigenvalue weighted by molar-refractivity contribution is 6.33. The van der Waals surface area contributed by atoms with E-state index >= 15 is 0 Å². The van der Waals surface area contributed by atoms with Gasteiger partial charge in [-0.2, -0.15) is 0 Å². The fourth-order valence-electron chi connectivity index (χ4n) is 0.912. The van der Waals surface area contributed by atoms with E-state index in [0.717, 1.165) is 0 Å². The molecule has 0 aliphatic heterocycles. The summed E-state index contributed by atoms with van der Waals surface area (Å²) in [6.07, 6.45) is 0. The lowest BCUT2D eigenvalue weighted by Crippen LogP contribution is -2.01. The van der Waals surface area contributed by atoms with E-state index in [2.05, 4.69) is 0 Å². The lowest BCUT2D eigenvalue weighted by atomic mass is 10.2. The van der Waals surface area contributed by atoms with Gasteiger partial charge in [-0.3, -0.25) is 0 Å². The average molecular weight is 202 g/mol. The highest BCUT2D eigenvalue weighted by atomic mass is 35.5. The van der Waals surface area contributed by atoms with Crippen molar-refractivity contribution in [3.63, 3.8) is 0 Å². The van der Waals surface area contributed by atoms with Gasteiger partial charge in [-0.15, -0.1) is 0 Å². The van der Waals surface area contributed by atoms with E-state index in [0.29, 0.717) is 5.75 Å². The second-order valence-electron chi connectivity index (χ2n) is 2.38. The Labute approximate surface area is 79.9 Å². The van der Waals surface area contributed by atoms with Crippen LogP contribution in [0.5, 0.6) is 5.75 Å². The predicted molar refractivity (Wildman–Crippen MR) is 49.4 cm³/mol. The van der Waals surface area contributed by atoms with Crippen LogP contribution in [0.3, 0.4) is 0 Å². The molecule has 5 heteroatoms. The number of hydrogen-bond donors (Lipinski definition) is 2. The Kier molecular flexibility index (Phi) is 2.63. The highest BCUT2D eigenvalue weighted by Gasteiger charge is 2.12. The van der Waals surface area contributed by atoms with E-state index in [1.807, 2.05) is 0 Å². The molecule has 1 aromatic carbocycles. The number of methoxy groups -OCH3 is 1. The summed E-state index contributed by atoms with van der Waals surface area (Å²) in [5.74, 6) is -0.741. The molecule has 4 nitrogen and oxygen atoms in total. The minimum Gasteiger partial charge on any atom is -0.495 e. The minimum atomic E-state index is -1.11. The first-order valence-corrected chi connectivity index (χ1v) is 3.80. The van der Waals surface area contributed by atoms with Crippen molar-refractivity contribution in [2.45, 2.75) is 0 Å². The zero-order chi connectivity index (χ0) is 10.0. The molecule has 0 bridgehead atoms.